The Labute approximate surface area is 263 Å². The van der Waals surface area contributed by atoms with Crippen LogP contribution in [0.1, 0.15) is 55.2 Å². The Balaban J connectivity index is 1.26. The van der Waals surface area contributed by atoms with Crippen LogP contribution < -0.4 is 10.6 Å². The van der Waals surface area contributed by atoms with Gasteiger partial charge in [-0.3, -0.25) is 9.78 Å². The molecule has 0 spiro atoms. The highest BCUT2D eigenvalue weighted by Crippen LogP contribution is 2.37. The first-order chi connectivity index (χ1) is 21.0. The number of aryl methyl sites for hydroxylation is 1. The number of hydrogen-bond acceptors (Lipinski definition) is 10. The molecule has 13 heteroatoms. The second-order valence-electron chi connectivity index (χ2n) is 11.6. The van der Waals surface area contributed by atoms with Crippen molar-refractivity contribution in [3.05, 3.63) is 84.0 Å². The summed E-state index contributed by atoms with van der Waals surface area (Å²) in [6, 6.07) is 9.16. The first-order valence-electron chi connectivity index (χ1n) is 14.2. The Morgan fingerprint density at radius 3 is 2.57 bits per heavy atom. The molecule has 0 radical (unpaired) electrons. The van der Waals surface area contributed by atoms with Crippen LogP contribution >= 0.6 is 23.1 Å². The maximum atomic E-state index is 15.6. The molecular weight excluding hydrogens is 602 g/mol. The van der Waals surface area contributed by atoms with Crippen molar-refractivity contribution >= 4 is 46.0 Å². The van der Waals surface area contributed by atoms with E-state index in [1.54, 1.807) is 29.7 Å². The lowest BCUT2D eigenvalue weighted by atomic mass is 9.73. The summed E-state index contributed by atoms with van der Waals surface area (Å²) in [5.41, 5.74) is 0.636. The molecule has 1 fully saturated rings. The number of likely N-dealkylation sites (tertiary alicyclic amines) is 1. The van der Waals surface area contributed by atoms with Crippen LogP contribution in [-0.2, 0) is 10.2 Å². The van der Waals surface area contributed by atoms with Gasteiger partial charge in [-0.15, -0.1) is 0 Å². The second-order valence-corrected chi connectivity index (χ2v) is 13.9. The molecule has 5 rings (SSSR count). The van der Waals surface area contributed by atoms with Crippen LogP contribution in [-0.4, -0.2) is 62.1 Å². The van der Waals surface area contributed by atoms with E-state index in [-0.39, 0.29) is 23.2 Å². The van der Waals surface area contributed by atoms with Gasteiger partial charge in [0.15, 0.2) is 16.6 Å². The fourth-order valence-electron chi connectivity index (χ4n) is 4.87. The lowest BCUT2D eigenvalue weighted by Crippen LogP contribution is -2.51. The Morgan fingerprint density at radius 1 is 1.09 bits per heavy atom. The molecule has 2 amide bonds. The summed E-state index contributed by atoms with van der Waals surface area (Å²) in [5, 5.41) is 6.70. The number of ether oxygens (including phenoxy) is 1. The van der Waals surface area contributed by atoms with Crippen LogP contribution in [0.2, 0.25) is 0 Å². The van der Waals surface area contributed by atoms with Gasteiger partial charge in [0, 0.05) is 49.8 Å². The molecule has 5 heterocycles. The zero-order chi connectivity index (χ0) is 31.3. The van der Waals surface area contributed by atoms with Gasteiger partial charge in [0.05, 0.1) is 15.3 Å². The van der Waals surface area contributed by atoms with Gasteiger partial charge in [-0.25, -0.2) is 24.1 Å². The number of nitrogens with zero attached hydrogens (tertiary/aromatic N) is 5. The van der Waals surface area contributed by atoms with E-state index in [9.17, 15) is 9.59 Å². The standard InChI is InChI=1S/C31H34FN7O3S2/c1-20-7-12-34-23(16-20)38-28-36-18-24(44-28)43-22-8-13-35-26(25(22)32)27(40)37-19-31(21-6-5-11-33-17-21)9-14-39(15-10-31)29(41)42-30(2,3)4/h5-8,11-13,16-18H,9-10,14-15,19H2,1-4H3,(H,37,40)(H,34,36,38). The Kier molecular flexibility index (Phi) is 9.45. The van der Waals surface area contributed by atoms with Crippen molar-refractivity contribution < 1.29 is 18.7 Å². The van der Waals surface area contributed by atoms with Crippen molar-refractivity contribution in [1.82, 2.24) is 30.2 Å². The second kappa shape index (κ2) is 13.3. The molecule has 1 aliphatic heterocycles. The van der Waals surface area contributed by atoms with Crippen LogP contribution in [0.3, 0.4) is 0 Å². The van der Waals surface area contributed by atoms with Gasteiger partial charge in [-0.05, 0) is 75.9 Å². The number of halogens is 1. The predicted octanol–water partition coefficient (Wildman–Crippen LogP) is 6.37. The lowest BCUT2D eigenvalue weighted by molar-refractivity contribution is 0.0162. The molecule has 1 aliphatic rings. The summed E-state index contributed by atoms with van der Waals surface area (Å²) in [4.78, 5) is 44.9. The summed E-state index contributed by atoms with van der Waals surface area (Å²) in [6.45, 7) is 8.61. The number of anilines is 2. The number of hydrogen-bond donors (Lipinski definition) is 2. The molecule has 0 aromatic carbocycles. The molecular formula is C31H34FN7O3S2. The zero-order valence-corrected chi connectivity index (χ0v) is 26.6. The first-order valence-corrected chi connectivity index (χ1v) is 15.8. The van der Waals surface area contributed by atoms with Crippen molar-refractivity contribution in [1.29, 1.82) is 0 Å². The SMILES string of the molecule is Cc1ccnc(Nc2ncc(Sc3ccnc(C(=O)NCC4(c5cccnc5)CCN(C(=O)OC(C)(C)C)CC4)c3F)s2)c1. The molecule has 44 heavy (non-hydrogen) atoms. The number of nitrogens with one attached hydrogen (secondary N) is 2. The highest BCUT2D eigenvalue weighted by molar-refractivity contribution is 8.01. The molecule has 4 aromatic heterocycles. The van der Waals surface area contributed by atoms with E-state index in [0.717, 1.165) is 15.3 Å². The first kappa shape index (κ1) is 31.3. The van der Waals surface area contributed by atoms with Gasteiger partial charge in [-0.2, -0.15) is 0 Å². The maximum Gasteiger partial charge on any atom is 0.410 e. The quantitative estimate of drug-likeness (QED) is 0.227. The molecule has 10 nitrogen and oxygen atoms in total. The zero-order valence-electron chi connectivity index (χ0n) is 25.0. The minimum Gasteiger partial charge on any atom is -0.444 e. The van der Waals surface area contributed by atoms with Crippen molar-refractivity contribution in [3.63, 3.8) is 0 Å². The Bertz CT molecular complexity index is 1620. The molecule has 2 N–H and O–H groups in total. The normalized spacial score (nSPS) is 14.6. The molecule has 0 saturated carbocycles. The van der Waals surface area contributed by atoms with Crippen molar-refractivity contribution in [2.75, 3.05) is 25.0 Å². The number of amides is 2. The van der Waals surface area contributed by atoms with E-state index in [1.165, 1.54) is 35.4 Å². The summed E-state index contributed by atoms with van der Waals surface area (Å²) in [5.74, 6) is -0.641. The number of carbonyl (C=O) groups excluding carboxylic acids is 2. The van der Waals surface area contributed by atoms with E-state index >= 15 is 4.39 Å². The summed E-state index contributed by atoms with van der Waals surface area (Å²) in [6.07, 6.45) is 9.03. The van der Waals surface area contributed by atoms with Crippen molar-refractivity contribution in [3.8, 4) is 0 Å². The number of rotatable bonds is 8. The third-order valence-corrected chi connectivity index (χ3v) is 9.20. The number of piperidine rings is 1. The van der Waals surface area contributed by atoms with Crippen LogP contribution in [0.15, 0.2) is 70.4 Å². The van der Waals surface area contributed by atoms with Crippen LogP contribution in [0.5, 0.6) is 0 Å². The van der Waals surface area contributed by atoms with Gasteiger partial charge >= 0.3 is 6.09 Å². The van der Waals surface area contributed by atoms with E-state index in [2.05, 4.69) is 30.6 Å². The largest absolute Gasteiger partial charge is 0.444 e. The number of carbonyl (C=O) groups is 2. The van der Waals surface area contributed by atoms with Crippen molar-refractivity contribution in [2.24, 2.45) is 0 Å². The highest BCUT2D eigenvalue weighted by Gasteiger charge is 2.39. The average Bonchev–Trinajstić information content (AvgIpc) is 3.43. The summed E-state index contributed by atoms with van der Waals surface area (Å²) >= 11 is 2.53. The van der Waals surface area contributed by atoms with E-state index in [1.807, 2.05) is 52.0 Å². The van der Waals surface area contributed by atoms with Crippen LogP contribution in [0, 0.1) is 12.7 Å². The molecule has 0 unspecified atom stereocenters. The smallest absolute Gasteiger partial charge is 0.410 e. The number of thiazole rings is 1. The summed E-state index contributed by atoms with van der Waals surface area (Å²) < 4.78 is 21.9. The topological polar surface area (TPSA) is 122 Å². The monoisotopic (exact) mass is 635 g/mol. The fraction of sp³-hybridized carbons (Fsp3) is 0.355. The predicted molar refractivity (Wildman–Crippen MR) is 168 cm³/mol. The molecule has 0 bridgehead atoms. The van der Waals surface area contributed by atoms with E-state index in [0.29, 0.717) is 36.9 Å². The third kappa shape index (κ3) is 7.69. The Hall–Kier alpha value is -4.10. The third-order valence-electron chi connectivity index (χ3n) is 7.15. The lowest BCUT2D eigenvalue weighted by Gasteiger charge is -2.42. The average molecular weight is 636 g/mol. The highest BCUT2D eigenvalue weighted by atomic mass is 32.2. The van der Waals surface area contributed by atoms with Crippen molar-refractivity contribution in [2.45, 2.75) is 60.7 Å². The molecule has 1 saturated heterocycles. The minimum atomic E-state index is -0.701. The van der Waals surface area contributed by atoms with Gasteiger partial charge in [0.2, 0.25) is 0 Å². The van der Waals surface area contributed by atoms with E-state index in [4.69, 9.17) is 4.74 Å². The van der Waals surface area contributed by atoms with Gasteiger partial charge in [-0.1, -0.05) is 29.2 Å². The van der Waals surface area contributed by atoms with Gasteiger partial charge < -0.3 is 20.3 Å². The van der Waals surface area contributed by atoms with Gasteiger partial charge in [0.1, 0.15) is 11.4 Å². The van der Waals surface area contributed by atoms with Crippen LogP contribution in [0.4, 0.5) is 20.1 Å². The molecule has 230 valence electrons. The Morgan fingerprint density at radius 2 is 1.86 bits per heavy atom. The number of aromatic nitrogens is 4. The molecule has 4 aromatic rings. The van der Waals surface area contributed by atoms with Crippen LogP contribution in [0.25, 0.3) is 0 Å². The van der Waals surface area contributed by atoms with Gasteiger partial charge in [0.25, 0.3) is 5.91 Å². The molecule has 0 atom stereocenters. The minimum absolute atomic E-state index is 0.231. The van der Waals surface area contributed by atoms with E-state index < -0.39 is 22.7 Å². The molecule has 0 aliphatic carbocycles. The summed E-state index contributed by atoms with van der Waals surface area (Å²) in [7, 11) is 0. The number of pyridine rings is 3. The fourth-order valence-corrected chi connectivity index (χ4v) is 6.74. The maximum absolute atomic E-state index is 15.6.